The van der Waals surface area contributed by atoms with E-state index >= 15 is 0 Å². The van der Waals surface area contributed by atoms with Crippen LogP contribution in [0.2, 0.25) is 5.02 Å². The molecule has 0 saturated carbocycles. The zero-order chi connectivity index (χ0) is 14.0. The summed E-state index contributed by atoms with van der Waals surface area (Å²) in [7, 11) is 0. The van der Waals surface area contributed by atoms with Gasteiger partial charge in [0.25, 0.3) is 0 Å². The summed E-state index contributed by atoms with van der Waals surface area (Å²) < 4.78 is 37.1. The number of hydrogen-bond acceptors (Lipinski definition) is 3. The number of alkyl halides is 3. The third-order valence-corrected chi connectivity index (χ3v) is 3.60. The molecule has 0 aliphatic rings. The Morgan fingerprint density at radius 3 is 2.68 bits per heavy atom. The highest BCUT2D eigenvalue weighted by Gasteiger charge is 2.35. The molecule has 0 bridgehead atoms. The molecular weight excluding hydrogens is 299 g/mol. The first-order valence-electron chi connectivity index (χ1n) is 5.17. The van der Waals surface area contributed by atoms with Gasteiger partial charge < -0.3 is 0 Å². The molecule has 1 heterocycles. The fourth-order valence-corrected chi connectivity index (χ4v) is 2.39. The molecule has 0 aliphatic heterocycles. The number of hydrogen-bond donors (Lipinski definition) is 0. The number of rotatable bonds is 3. The van der Waals surface area contributed by atoms with Crippen LogP contribution in [0.5, 0.6) is 0 Å². The lowest BCUT2D eigenvalue weighted by molar-refractivity contribution is -0.137. The summed E-state index contributed by atoms with van der Waals surface area (Å²) in [6, 6.07) is 6.63. The van der Waals surface area contributed by atoms with Crippen LogP contribution in [0.1, 0.15) is 20.2 Å². The average Bonchev–Trinajstić information content (AvgIpc) is 2.77. The van der Waals surface area contributed by atoms with E-state index in [2.05, 4.69) is 4.98 Å². The molecule has 0 N–H and O–H groups in total. The third-order valence-electron chi connectivity index (χ3n) is 2.28. The van der Waals surface area contributed by atoms with Crippen LogP contribution in [0.3, 0.4) is 0 Å². The van der Waals surface area contributed by atoms with Crippen LogP contribution in [-0.4, -0.2) is 10.8 Å². The first-order valence-corrected chi connectivity index (χ1v) is 6.36. The highest BCUT2D eigenvalue weighted by molar-refractivity contribution is 7.13. The summed E-state index contributed by atoms with van der Waals surface area (Å²) in [5, 5.41) is -0.535. The molecule has 0 amide bonds. The number of Topliss-reactive ketones (excluding diaryl/α,β-unsaturated/α-hetero) is 1. The Morgan fingerprint density at radius 2 is 2.11 bits per heavy atom. The molecule has 1 aromatic carbocycles. The Hall–Kier alpha value is -1.40. The van der Waals surface area contributed by atoms with Crippen LogP contribution < -0.4 is 0 Å². The maximum atomic E-state index is 12.4. The summed E-state index contributed by atoms with van der Waals surface area (Å²) in [6.07, 6.45) is -3.56. The second kappa shape index (κ2) is 5.30. The van der Waals surface area contributed by atoms with Crippen molar-refractivity contribution in [3.8, 4) is 0 Å². The lowest BCUT2D eigenvalue weighted by atomic mass is 10.1. The van der Waals surface area contributed by atoms with Crippen molar-refractivity contribution < 1.29 is 18.0 Å². The first-order chi connectivity index (χ1) is 8.86. The second-order valence-electron chi connectivity index (χ2n) is 3.76. The number of thiazole rings is 1. The molecule has 0 atom stereocenters. The van der Waals surface area contributed by atoms with Gasteiger partial charge >= 0.3 is 6.18 Å². The van der Waals surface area contributed by atoms with Gasteiger partial charge in [-0.25, -0.2) is 4.98 Å². The van der Waals surface area contributed by atoms with Gasteiger partial charge in [-0.05, 0) is 17.7 Å². The van der Waals surface area contributed by atoms with Gasteiger partial charge in [0.1, 0.15) is 0 Å². The van der Waals surface area contributed by atoms with E-state index in [1.54, 1.807) is 24.3 Å². The highest BCUT2D eigenvalue weighted by atomic mass is 35.5. The summed E-state index contributed by atoms with van der Waals surface area (Å²) >= 11 is 6.12. The van der Waals surface area contributed by atoms with Crippen molar-refractivity contribution in [2.75, 3.05) is 0 Å². The number of benzene rings is 1. The van der Waals surface area contributed by atoms with Gasteiger partial charge in [0.05, 0.1) is 4.88 Å². The topological polar surface area (TPSA) is 30.0 Å². The van der Waals surface area contributed by atoms with Crippen molar-refractivity contribution in [3.05, 3.63) is 50.9 Å². The minimum Gasteiger partial charge on any atom is -0.293 e. The van der Waals surface area contributed by atoms with Gasteiger partial charge in [0, 0.05) is 17.6 Å². The summed E-state index contributed by atoms with van der Waals surface area (Å²) in [4.78, 5) is 15.0. The van der Waals surface area contributed by atoms with Crippen LogP contribution in [0, 0.1) is 0 Å². The molecule has 0 aliphatic carbocycles. The zero-order valence-electron chi connectivity index (χ0n) is 9.37. The zero-order valence-corrected chi connectivity index (χ0v) is 10.9. The molecule has 2 aromatic rings. The molecule has 0 spiro atoms. The molecule has 100 valence electrons. The second-order valence-corrected chi connectivity index (χ2v) is 5.22. The van der Waals surface area contributed by atoms with E-state index in [1.807, 2.05) is 0 Å². The normalized spacial score (nSPS) is 11.6. The predicted octanol–water partition coefficient (Wildman–Crippen LogP) is 4.24. The highest BCUT2D eigenvalue weighted by Crippen LogP contribution is 2.32. The standard InChI is InChI=1S/C12H7ClF3NOS/c13-8-3-1-2-7(4-8)5-9(18)10-6-17-11(19-10)12(14,15)16/h1-4,6H,5H2. The van der Waals surface area contributed by atoms with Gasteiger partial charge in [-0.2, -0.15) is 13.2 Å². The van der Waals surface area contributed by atoms with Crippen molar-refractivity contribution in [2.24, 2.45) is 0 Å². The van der Waals surface area contributed by atoms with E-state index in [0.29, 0.717) is 21.9 Å². The van der Waals surface area contributed by atoms with E-state index in [1.165, 1.54) is 0 Å². The Kier molecular flexibility index (Phi) is 3.91. The first kappa shape index (κ1) is 14.0. The number of carbonyl (C=O) groups is 1. The molecule has 19 heavy (non-hydrogen) atoms. The fourth-order valence-electron chi connectivity index (χ4n) is 1.45. The third kappa shape index (κ3) is 3.54. The quantitative estimate of drug-likeness (QED) is 0.794. The van der Waals surface area contributed by atoms with E-state index in [4.69, 9.17) is 11.6 Å². The lowest BCUT2D eigenvalue weighted by Gasteiger charge is -2.00. The average molecular weight is 306 g/mol. The maximum Gasteiger partial charge on any atom is 0.443 e. The number of carbonyl (C=O) groups excluding carboxylic acids is 1. The maximum absolute atomic E-state index is 12.4. The predicted molar refractivity (Wildman–Crippen MR) is 66.6 cm³/mol. The van der Waals surface area contributed by atoms with Crippen molar-refractivity contribution in [2.45, 2.75) is 12.6 Å². The molecule has 0 unspecified atom stereocenters. The molecular formula is C12H7ClF3NOS. The van der Waals surface area contributed by atoms with Crippen LogP contribution in [0.4, 0.5) is 13.2 Å². The van der Waals surface area contributed by atoms with E-state index in [0.717, 1.165) is 6.20 Å². The van der Waals surface area contributed by atoms with Gasteiger partial charge in [-0.3, -0.25) is 4.79 Å². The van der Waals surface area contributed by atoms with Crippen molar-refractivity contribution >= 4 is 28.7 Å². The van der Waals surface area contributed by atoms with Crippen molar-refractivity contribution in [1.82, 2.24) is 4.98 Å². The number of aromatic nitrogens is 1. The SMILES string of the molecule is O=C(Cc1cccc(Cl)c1)c1cnc(C(F)(F)F)s1. The Bertz CT molecular complexity index is 609. The van der Waals surface area contributed by atoms with Gasteiger partial charge in [-0.1, -0.05) is 23.7 Å². The molecule has 2 nitrogen and oxygen atoms in total. The molecule has 7 heteroatoms. The smallest absolute Gasteiger partial charge is 0.293 e. The largest absolute Gasteiger partial charge is 0.443 e. The molecule has 2 rings (SSSR count). The molecule has 0 fully saturated rings. The number of ketones is 1. The van der Waals surface area contributed by atoms with E-state index in [-0.39, 0.29) is 11.3 Å². The molecule has 0 saturated heterocycles. The van der Waals surface area contributed by atoms with Gasteiger partial charge in [0.2, 0.25) is 0 Å². The lowest BCUT2D eigenvalue weighted by Crippen LogP contribution is -2.03. The fraction of sp³-hybridized carbons (Fsp3) is 0.167. The van der Waals surface area contributed by atoms with Crippen LogP contribution in [0.25, 0.3) is 0 Å². The molecule has 0 radical (unpaired) electrons. The van der Waals surface area contributed by atoms with Crippen LogP contribution in [-0.2, 0) is 12.6 Å². The minimum atomic E-state index is -4.51. The Morgan fingerprint density at radius 1 is 1.37 bits per heavy atom. The van der Waals surface area contributed by atoms with E-state index < -0.39 is 17.0 Å². The summed E-state index contributed by atoms with van der Waals surface area (Å²) in [5.41, 5.74) is 0.652. The minimum absolute atomic E-state index is 0.0000501. The summed E-state index contributed by atoms with van der Waals surface area (Å²) in [5.74, 6) is -0.407. The summed E-state index contributed by atoms with van der Waals surface area (Å²) in [6.45, 7) is 0. The Balaban J connectivity index is 2.14. The van der Waals surface area contributed by atoms with Gasteiger partial charge in [0.15, 0.2) is 10.8 Å². The Labute approximate surface area is 115 Å². The monoisotopic (exact) mass is 305 g/mol. The molecule has 1 aromatic heterocycles. The van der Waals surface area contributed by atoms with Gasteiger partial charge in [-0.15, -0.1) is 11.3 Å². The van der Waals surface area contributed by atoms with Crippen molar-refractivity contribution in [3.63, 3.8) is 0 Å². The van der Waals surface area contributed by atoms with Crippen LogP contribution >= 0.6 is 22.9 Å². The number of halogens is 4. The van der Waals surface area contributed by atoms with Crippen molar-refractivity contribution in [1.29, 1.82) is 0 Å². The van der Waals surface area contributed by atoms with E-state index in [9.17, 15) is 18.0 Å². The number of nitrogens with zero attached hydrogens (tertiary/aromatic N) is 1. The van der Waals surface area contributed by atoms with Crippen LogP contribution in [0.15, 0.2) is 30.5 Å².